The molecular weight excluding hydrogens is 400 g/mol. The highest BCUT2D eigenvalue weighted by atomic mass is 15.2. The number of para-hydroxylation sites is 1. The van der Waals surface area contributed by atoms with Gasteiger partial charge >= 0.3 is 0 Å². The number of hydrogen-bond acceptors (Lipinski definition) is 0. The zero-order chi connectivity index (χ0) is 23.9. The third kappa shape index (κ3) is 4.27. The molecule has 0 saturated carbocycles. The van der Waals surface area contributed by atoms with Crippen LogP contribution < -0.4 is 4.57 Å². The van der Waals surface area contributed by atoms with Crippen molar-refractivity contribution < 1.29 is 4.57 Å². The van der Waals surface area contributed by atoms with Crippen LogP contribution in [0.15, 0.2) is 66.9 Å². The van der Waals surface area contributed by atoms with Crippen LogP contribution in [-0.4, -0.2) is 4.57 Å². The van der Waals surface area contributed by atoms with Crippen LogP contribution in [0.3, 0.4) is 0 Å². The molecule has 0 aliphatic carbocycles. The predicted molar refractivity (Wildman–Crippen MR) is 140 cm³/mol. The number of hydrogen-bond donors (Lipinski definition) is 0. The molecule has 2 heteroatoms. The van der Waals surface area contributed by atoms with Crippen molar-refractivity contribution in [2.45, 2.75) is 60.3 Å². The number of aromatic nitrogens is 2. The molecule has 4 rings (SSSR count). The van der Waals surface area contributed by atoms with Crippen LogP contribution in [0.2, 0.25) is 0 Å². The molecule has 0 bridgehead atoms. The molecular formula is C31H37N2+. The Morgan fingerprint density at radius 1 is 0.727 bits per heavy atom. The molecule has 0 saturated heterocycles. The van der Waals surface area contributed by atoms with E-state index < -0.39 is 0 Å². The fourth-order valence-electron chi connectivity index (χ4n) is 5.05. The molecule has 0 N–H and O–H groups in total. The van der Waals surface area contributed by atoms with Gasteiger partial charge in [0, 0.05) is 16.7 Å². The summed E-state index contributed by atoms with van der Waals surface area (Å²) in [4.78, 5) is 0. The van der Waals surface area contributed by atoms with Gasteiger partial charge in [-0.2, -0.15) is 4.57 Å². The lowest BCUT2D eigenvalue weighted by Gasteiger charge is -2.18. The summed E-state index contributed by atoms with van der Waals surface area (Å²) in [6, 6.07) is 22.4. The Bertz CT molecular complexity index is 1260. The van der Waals surface area contributed by atoms with Crippen molar-refractivity contribution in [3.05, 3.63) is 94.7 Å². The highest BCUT2D eigenvalue weighted by Crippen LogP contribution is 2.33. The van der Waals surface area contributed by atoms with Crippen LogP contribution in [0.25, 0.3) is 28.3 Å². The fraction of sp³-hybridized carbons (Fsp3) is 0.323. The maximum Gasteiger partial charge on any atom is 0.294 e. The lowest BCUT2D eigenvalue weighted by molar-refractivity contribution is -0.584. The zero-order valence-electron chi connectivity index (χ0n) is 21.4. The Balaban J connectivity index is 2.14. The van der Waals surface area contributed by atoms with E-state index in [1.165, 1.54) is 56.1 Å². The molecule has 0 unspecified atom stereocenters. The summed E-state index contributed by atoms with van der Waals surface area (Å²) in [6.45, 7) is 15.8. The Labute approximate surface area is 199 Å². The second-order valence-corrected chi connectivity index (χ2v) is 10.1. The third-order valence-corrected chi connectivity index (χ3v) is 6.64. The summed E-state index contributed by atoms with van der Waals surface area (Å²) in [6.07, 6.45) is 2.35. The molecule has 0 aliphatic heterocycles. The summed E-state index contributed by atoms with van der Waals surface area (Å²) >= 11 is 0. The largest absolute Gasteiger partial charge is 0.294 e. The number of nitrogens with zero attached hydrogens (tertiary/aromatic N) is 2. The molecule has 0 amide bonds. The van der Waals surface area contributed by atoms with Crippen molar-refractivity contribution in [2.24, 2.45) is 7.05 Å². The van der Waals surface area contributed by atoms with Gasteiger partial charge in [0.1, 0.15) is 11.9 Å². The molecule has 3 aromatic carbocycles. The Morgan fingerprint density at radius 2 is 1.30 bits per heavy atom. The minimum Gasteiger partial charge on any atom is -0.225 e. The Morgan fingerprint density at radius 3 is 1.85 bits per heavy atom. The van der Waals surface area contributed by atoms with Crippen molar-refractivity contribution in [1.29, 1.82) is 0 Å². The summed E-state index contributed by atoms with van der Waals surface area (Å²) < 4.78 is 4.83. The van der Waals surface area contributed by atoms with Crippen molar-refractivity contribution in [3.8, 4) is 28.3 Å². The van der Waals surface area contributed by atoms with Gasteiger partial charge in [-0.25, -0.2) is 4.57 Å². The second-order valence-electron chi connectivity index (χ2n) is 10.1. The lowest BCUT2D eigenvalue weighted by Crippen LogP contribution is -2.35. The van der Waals surface area contributed by atoms with Gasteiger partial charge in [0.2, 0.25) is 0 Å². The molecule has 4 aromatic rings. The topological polar surface area (TPSA) is 8.81 Å². The van der Waals surface area contributed by atoms with Gasteiger partial charge in [0.25, 0.3) is 5.82 Å². The molecule has 2 nitrogen and oxygen atoms in total. The normalized spacial score (nSPS) is 11.6. The highest BCUT2D eigenvalue weighted by molar-refractivity contribution is 5.67. The second kappa shape index (κ2) is 9.02. The number of rotatable bonds is 5. The van der Waals surface area contributed by atoms with Crippen LogP contribution in [-0.2, 0) is 7.05 Å². The van der Waals surface area contributed by atoms with Crippen molar-refractivity contribution in [3.63, 3.8) is 0 Å². The predicted octanol–water partition coefficient (Wildman–Crippen LogP) is 7.81. The minimum absolute atomic E-state index is 0.431. The van der Waals surface area contributed by atoms with Crippen molar-refractivity contribution in [1.82, 2.24) is 4.57 Å². The van der Waals surface area contributed by atoms with E-state index in [1.54, 1.807) is 0 Å². The van der Waals surface area contributed by atoms with Gasteiger partial charge in [-0.1, -0.05) is 76.2 Å². The van der Waals surface area contributed by atoms with Gasteiger partial charge in [0.15, 0.2) is 5.69 Å². The summed E-state index contributed by atoms with van der Waals surface area (Å²) in [7, 11) is 2.21. The first kappa shape index (κ1) is 23.0. The van der Waals surface area contributed by atoms with E-state index in [9.17, 15) is 0 Å². The molecule has 1 heterocycles. The zero-order valence-corrected chi connectivity index (χ0v) is 21.4. The summed E-state index contributed by atoms with van der Waals surface area (Å²) in [5.41, 5.74) is 11.7. The Kier molecular flexibility index (Phi) is 6.30. The molecule has 0 fully saturated rings. The lowest BCUT2D eigenvalue weighted by atomic mass is 9.92. The van der Waals surface area contributed by atoms with Crippen molar-refractivity contribution in [2.75, 3.05) is 0 Å². The van der Waals surface area contributed by atoms with E-state index >= 15 is 0 Å². The van der Waals surface area contributed by atoms with E-state index in [1.807, 2.05) is 0 Å². The molecule has 0 aliphatic rings. The first-order chi connectivity index (χ1) is 15.7. The monoisotopic (exact) mass is 437 g/mol. The van der Waals surface area contributed by atoms with Crippen LogP contribution in [0, 0.1) is 20.8 Å². The average molecular weight is 438 g/mol. The van der Waals surface area contributed by atoms with E-state index in [2.05, 4.69) is 132 Å². The van der Waals surface area contributed by atoms with E-state index in [-0.39, 0.29) is 0 Å². The van der Waals surface area contributed by atoms with Gasteiger partial charge in [-0.05, 0) is 61.4 Å². The molecule has 0 spiro atoms. The molecule has 0 atom stereocenters. The van der Waals surface area contributed by atoms with Gasteiger partial charge in [-0.3, -0.25) is 0 Å². The maximum absolute atomic E-state index is 2.46. The number of benzene rings is 3. The average Bonchev–Trinajstić information content (AvgIpc) is 3.09. The van der Waals surface area contributed by atoms with Crippen LogP contribution in [0.4, 0.5) is 0 Å². The number of imidazole rings is 1. The van der Waals surface area contributed by atoms with Gasteiger partial charge in [-0.15, -0.1) is 0 Å². The SMILES string of the molecule is Cc1cc(C)cc(-c2n(C)c(-c3ccccc3C)c[n+]2-c2c(C(C)C)cccc2C(C)C)c1. The van der Waals surface area contributed by atoms with E-state index in [4.69, 9.17) is 0 Å². The van der Waals surface area contributed by atoms with Crippen molar-refractivity contribution >= 4 is 0 Å². The van der Waals surface area contributed by atoms with Gasteiger partial charge < -0.3 is 0 Å². The molecule has 33 heavy (non-hydrogen) atoms. The first-order valence-electron chi connectivity index (χ1n) is 12.1. The highest BCUT2D eigenvalue weighted by Gasteiger charge is 2.30. The standard InChI is InChI=1S/C31H37N2/c1-20(2)26-14-11-15-27(21(3)4)30(26)33-19-29(28-13-10-9-12-24(28)7)32(8)31(33)25-17-22(5)16-23(6)18-25/h9-21H,1-8H3/q+1. The van der Waals surface area contributed by atoms with Crippen LogP contribution in [0.5, 0.6) is 0 Å². The molecule has 0 radical (unpaired) electrons. The maximum atomic E-state index is 2.46. The molecule has 170 valence electrons. The Hall–Kier alpha value is -3.13. The number of aryl methyl sites for hydroxylation is 3. The smallest absolute Gasteiger partial charge is 0.225 e. The first-order valence-corrected chi connectivity index (χ1v) is 12.1. The quantitative estimate of drug-likeness (QED) is 0.282. The minimum atomic E-state index is 0.431. The van der Waals surface area contributed by atoms with Gasteiger partial charge in [0.05, 0.1) is 12.6 Å². The summed E-state index contributed by atoms with van der Waals surface area (Å²) in [5, 5.41) is 0. The fourth-order valence-corrected chi connectivity index (χ4v) is 5.05. The van der Waals surface area contributed by atoms with E-state index in [0.29, 0.717) is 11.8 Å². The third-order valence-electron chi connectivity index (χ3n) is 6.64. The molecule has 1 aromatic heterocycles. The summed E-state index contributed by atoms with van der Waals surface area (Å²) in [5.74, 6) is 2.08. The van der Waals surface area contributed by atoms with Crippen LogP contribution in [0.1, 0.15) is 67.3 Å². The van der Waals surface area contributed by atoms with Crippen LogP contribution >= 0.6 is 0 Å². The van der Waals surface area contributed by atoms with E-state index in [0.717, 1.165) is 0 Å².